The summed E-state index contributed by atoms with van der Waals surface area (Å²) in [6.07, 6.45) is 0. The van der Waals surface area contributed by atoms with Gasteiger partial charge in [-0.15, -0.1) is 0 Å². The number of sulfonamides is 1. The van der Waals surface area contributed by atoms with Crippen LogP contribution < -0.4 is 24.3 Å². The van der Waals surface area contributed by atoms with Crippen LogP contribution in [0.2, 0.25) is 0 Å². The zero-order chi connectivity index (χ0) is 25.6. The van der Waals surface area contributed by atoms with Crippen molar-refractivity contribution in [3.63, 3.8) is 0 Å². The molecule has 11 nitrogen and oxygen atoms in total. The first kappa shape index (κ1) is 26.1. The molecule has 1 aliphatic rings. The van der Waals surface area contributed by atoms with Crippen molar-refractivity contribution in [1.82, 2.24) is 14.5 Å². The van der Waals surface area contributed by atoms with Crippen LogP contribution in [0.25, 0.3) is 0 Å². The average molecular weight is 508 g/mol. The van der Waals surface area contributed by atoms with E-state index in [4.69, 9.17) is 18.9 Å². The minimum Gasteiger partial charge on any atom is -0.497 e. The lowest BCUT2D eigenvalue weighted by molar-refractivity contribution is -0.131. The van der Waals surface area contributed by atoms with E-state index in [9.17, 15) is 18.0 Å². The maximum absolute atomic E-state index is 12.9. The highest BCUT2D eigenvalue weighted by molar-refractivity contribution is 7.89. The standard InChI is InChI=1S/C23H29N3O8S/c1-31-17-5-7-18(8-6-17)35(29,30)26-11-9-25(10-12-26)21(27)15-24-23(28)16-13-19(32-2)22(34-4)20(14-16)33-3/h5-8,13-14H,9-12,15H2,1-4H3,(H,24,28). The van der Waals surface area contributed by atoms with Crippen molar-refractivity contribution in [3.05, 3.63) is 42.0 Å². The maximum Gasteiger partial charge on any atom is 0.251 e. The first-order chi connectivity index (χ1) is 16.7. The van der Waals surface area contributed by atoms with Gasteiger partial charge in [-0.25, -0.2) is 8.42 Å². The molecule has 2 aromatic rings. The zero-order valence-corrected chi connectivity index (χ0v) is 20.9. The number of hydrogen-bond acceptors (Lipinski definition) is 8. The van der Waals surface area contributed by atoms with Gasteiger partial charge in [0, 0.05) is 31.7 Å². The number of hydrogen-bond donors (Lipinski definition) is 1. The molecule has 0 unspecified atom stereocenters. The van der Waals surface area contributed by atoms with Crippen LogP contribution in [0.3, 0.4) is 0 Å². The van der Waals surface area contributed by atoms with E-state index >= 15 is 0 Å². The molecule has 0 radical (unpaired) electrons. The number of rotatable bonds is 9. The number of amides is 2. The average Bonchev–Trinajstić information content (AvgIpc) is 2.90. The minimum atomic E-state index is -3.68. The van der Waals surface area contributed by atoms with Crippen molar-refractivity contribution in [1.29, 1.82) is 0 Å². The van der Waals surface area contributed by atoms with Gasteiger partial charge in [-0.3, -0.25) is 9.59 Å². The summed E-state index contributed by atoms with van der Waals surface area (Å²) in [5, 5.41) is 2.59. The summed E-state index contributed by atoms with van der Waals surface area (Å²) in [5.74, 6) is 0.749. The predicted molar refractivity (Wildman–Crippen MR) is 127 cm³/mol. The Bertz CT molecular complexity index is 1130. The van der Waals surface area contributed by atoms with Crippen LogP contribution in [0.4, 0.5) is 0 Å². The predicted octanol–water partition coefficient (Wildman–Crippen LogP) is 0.984. The topological polar surface area (TPSA) is 124 Å². The third-order valence-electron chi connectivity index (χ3n) is 5.62. The molecule has 1 fully saturated rings. The summed E-state index contributed by atoms with van der Waals surface area (Å²) in [7, 11) is 2.17. The van der Waals surface area contributed by atoms with Gasteiger partial charge in [-0.05, 0) is 36.4 Å². The Kier molecular flexibility index (Phi) is 8.41. The van der Waals surface area contributed by atoms with E-state index in [1.807, 2.05) is 0 Å². The molecule has 1 saturated heterocycles. The van der Waals surface area contributed by atoms with Crippen molar-refractivity contribution < 1.29 is 37.0 Å². The Morgan fingerprint density at radius 3 is 1.91 bits per heavy atom. The summed E-state index contributed by atoms with van der Waals surface area (Å²) in [6, 6.07) is 9.13. The second kappa shape index (κ2) is 11.3. The van der Waals surface area contributed by atoms with Crippen LogP contribution in [0.15, 0.2) is 41.3 Å². The van der Waals surface area contributed by atoms with Crippen LogP contribution in [-0.2, 0) is 14.8 Å². The van der Waals surface area contributed by atoms with E-state index in [1.54, 1.807) is 12.1 Å². The van der Waals surface area contributed by atoms with Crippen LogP contribution in [0, 0.1) is 0 Å². The van der Waals surface area contributed by atoms with Crippen LogP contribution in [-0.4, -0.2) is 90.6 Å². The summed E-state index contributed by atoms with van der Waals surface area (Å²) in [6.45, 7) is 0.505. The number of benzene rings is 2. The molecule has 0 atom stereocenters. The van der Waals surface area contributed by atoms with E-state index in [0.29, 0.717) is 23.0 Å². The lowest BCUT2D eigenvalue weighted by Crippen LogP contribution is -2.52. The molecule has 0 spiro atoms. The highest BCUT2D eigenvalue weighted by Gasteiger charge is 2.30. The Hall–Kier alpha value is -3.51. The van der Waals surface area contributed by atoms with Crippen molar-refractivity contribution in [3.8, 4) is 23.0 Å². The molecule has 0 saturated carbocycles. The van der Waals surface area contributed by atoms with E-state index in [1.165, 1.54) is 61.9 Å². The van der Waals surface area contributed by atoms with E-state index < -0.39 is 15.9 Å². The smallest absolute Gasteiger partial charge is 0.251 e. The van der Waals surface area contributed by atoms with Crippen molar-refractivity contribution in [2.45, 2.75) is 4.90 Å². The number of carbonyl (C=O) groups excluding carboxylic acids is 2. The number of nitrogens with zero attached hydrogens (tertiary/aromatic N) is 2. The number of nitrogens with one attached hydrogen (secondary N) is 1. The first-order valence-corrected chi connectivity index (χ1v) is 12.2. The Balaban J connectivity index is 1.57. The zero-order valence-electron chi connectivity index (χ0n) is 20.1. The fourth-order valence-corrected chi connectivity index (χ4v) is 5.08. The van der Waals surface area contributed by atoms with Gasteiger partial charge in [0.05, 0.1) is 39.9 Å². The van der Waals surface area contributed by atoms with Crippen LogP contribution in [0.1, 0.15) is 10.4 Å². The fraction of sp³-hybridized carbons (Fsp3) is 0.391. The van der Waals surface area contributed by atoms with E-state index in [2.05, 4.69) is 5.32 Å². The van der Waals surface area contributed by atoms with Gasteiger partial charge in [0.2, 0.25) is 21.7 Å². The van der Waals surface area contributed by atoms with Gasteiger partial charge >= 0.3 is 0 Å². The number of carbonyl (C=O) groups is 2. The molecule has 1 N–H and O–H groups in total. The van der Waals surface area contributed by atoms with Crippen molar-refractivity contribution in [2.75, 3.05) is 61.2 Å². The van der Waals surface area contributed by atoms with Crippen molar-refractivity contribution in [2.24, 2.45) is 0 Å². The molecule has 12 heteroatoms. The molecule has 1 heterocycles. The largest absolute Gasteiger partial charge is 0.497 e. The van der Waals surface area contributed by atoms with Gasteiger partial charge in [0.25, 0.3) is 5.91 Å². The molecule has 190 valence electrons. The van der Waals surface area contributed by atoms with Crippen LogP contribution >= 0.6 is 0 Å². The third-order valence-corrected chi connectivity index (χ3v) is 7.53. The SMILES string of the molecule is COc1ccc(S(=O)(=O)N2CCN(C(=O)CNC(=O)c3cc(OC)c(OC)c(OC)c3)CC2)cc1. The van der Waals surface area contributed by atoms with Gasteiger partial charge in [-0.1, -0.05) is 0 Å². The Morgan fingerprint density at radius 1 is 0.857 bits per heavy atom. The summed E-state index contributed by atoms with van der Waals surface area (Å²) < 4.78 is 47.9. The number of ether oxygens (including phenoxy) is 4. The Labute approximate surface area is 204 Å². The summed E-state index contributed by atoms with van der Waals surface area (Å²) in [5.41, 5.74) is 0.239. The van der Waals surface area contributed by atoms with Gasteiger partial charge in [-0.2, -0.15) is 4.31 Å². The van der Waals surface area contributed by atoms with Gasteiger partial charge in [0.15, 0.2) is 11.5 Å². The van der Waals surface area contributed by atoms with Gasteiger partial charge in [0.1, 0.15) is 5.75 Å². The molecular formula is C23H29N3O8S. The fourth-order valence-electron chi connectivity index (χ4n) is 3.66. The Morgan fingerprint density at radius 2 is 1.43 bits per heavy atom. The molecule has 35 heavy (non-hydrogen) atoms. The molecule has 1 aliphatic heterocycles. The molecule has 3 rings (SSSR count). The molecule has 2 amide bonds. The normalized spacial score (nSPS) is 14.2. The third kappa shape index (κ3) is 5.77. The highest BCUT2D eigenvalue weighted by Crippen LogP contribution is 2.38. The summed E-state index contributed by atoms with van der Waals surface area (Å²) in [4.78, 5) is 26.9. The number of methoxy groups -OCH3 is 4. The first-order valence-electron chi connectivity index (χ1n) is 10.7. The molecule has 0 aliphatic carbocycles. The molecular weight excluding hydrogens is 478 g/mol. The van der Waals surface area contributed by atoms with E-state index in [-0.39, 0.29) is 49.1 Å². The number of piperazine rings is 1. The lowest BCUT2D eigenvalue weighted by Gasteiger charge is -2.34. The minimum absolute atomic E-state index is 0.154. The maximum atomic E-state index is 12.9. The molecule has 2 aromatic carbocycles. The molecule has 0 aromatic heterocycles. The quantitative estimate of drug-likeness (QED) is 0.533. The highest BCUT2D eigenvalue weighted by atomic mass is 32.2. The second-order valence-electron chi connectivity index (χ2n) is 7.56. The molecule has 0 bridgehead atoms. The monoisotopic (exact) mass is 507 g/mol. The van der Waals surface area contributed by atoms with Gasteiger partial charge < -0.3 is 29.2 Å². The second-order valence-corrected chi connectivity index (χ2v) is 9.50. The summed E-state index contributed by atoms with van der Waals surface area (Å²) >= 11 is 0. The van der Waals surface area contributed by atoms with Crippen LogP contribution in [0.5, 0.6) is 23.0 Å². The van der Waals surface area contributed by atoms with E-state index in [0.717, 1.165) is 0 Å². The lowest BCUT2D eigenvalue weighted by atomic mass is 10.1. The van der Waals surface area contributed by atoms with Crippen molar-refractivity contribution >= 4 is 21.8 Å².